The Morgan fingerprint density at radius 3 is 2.33 bits per heavy atom. The molecule has 0 aliphatic heterocycles. The van der Waals surface area contributed by atoms with Gasteiger partial charge < -0.3 is 19.7 Å². The Balaban J connectivity index is 3.75. The lowest BCUT2D eigenvalue weighted by Crippen LogP contribution is -2.21. The number of carboxylic acid groups (broad SMARTS) is 2. The van der Waals surface area contributed by atoms with E-state index in [1.165, 1.54) is 0 Å². The van der Waals surface area contributed by atoms with Gasteiger partial charge in [-0.1, -0.05) is 6.58 Å². The van der Waals surface area contributed by atoms with Crippen LogP contribution in [-0.2, 0) is 9.47 Å². The fraction of sp³-hybridized carbons (Fsp3) is 0.333. The predicted molar refractivity (Wildman–Crippen MR) is 37.1 cm³/mol. The largest absolute Gasteiger partial charge is 0.506 e. The van der Waals surface area contributed by atoms with Crippen LogP contribution in [0.3, 0.4) is 0 Å². The molecule has 0 aromatic rings. The summed E-state index contributed by atoms with van der Waals surface area (Å²) in [7, 11) is 0. The summed E-state index contributed by atoms with van der Waals surface area (Å²) in [6.07, 6.45) is -2.82. The highest BCUT2D eigenvalue weighted by atomic mass is 16.7. The third-order valence-electron chi connectivity index (χ3n) is 0.886. The van der Waals surface area contributed by atoms with Gasteiger partial charge in [-0.2, -0.15) is 0 Å². The normalized spacial score (nSPS) is 11.3. The van der Waals surface area contributed by atoms with E-state index in [1.807, 2.05) is 0 Å². The molecule has 0 saturated carbocycles. The second-order valence-electron chi connectivity index (χ2n) is 1.73. The third kappa shape index (κ3) is 5.10. The smallest absolute Gasteiger partial charge is 0.450 e. The lowest BCUT2D eigenvalue weighted by molar-refractivity contribution is 0.0226. The van der Waals surface area contributed by atoms with Gasteiger partial charge in [0.25, 0.3) is 0 Å². The van der Waals surface area contributed by atoms with Crippen LogP contribution >= 0.6 is 0 Å². The van der Waals surface area contributed by atoms with E-state index >= 15 is 0 Å². The molecule has 2 N–H and O–H groups in total. The first kappa shape index (κ1) is 10.3. The maximum absolute atomic E-state index is 9.94. The van der Waals surface area contributed by atoms with Crippen LogP contribution in [-0.4, -0.2) is 35.2 Å². The molecule has 0 rings (SSSR count). The molecule has 0 saturated heterocycles. The van der Waals surface area contributed by atoms with Crippen LogP contribution in [0, 0.1) is 0 Å². The summed E-state index contributed by atoms with van der Waals surface area (Å²) >= 11 is 0. The Morgan fingerprint density at radius 2 is 2.00 bits per heavy atom. The average molecular weight is 176 g/mol. The number of ether oxygens (including phenoxy) is 2. The van der Waals surface area contributed by atoms with Gasteiger partial charge in [0.05, 0.1) is 0 Å². The summed E-state index contributed by atoms with van der Waals surface area (Å²) in [6, 6.07) is 0. The zero-order valence-electron chi connectivity index (χ0n) is 6.10. The molecular formula is C6H8O6. The molecule has 0 bridgehead atoms. The Morgan fingerprint density at radius 1 is 1.42 bits per heavy atom. The Bertz CT molecular complexity index is 186. The van der Waals surface area contributed by atoms with Crippen molar-refractivity contribution in [1.82, 2.24) is 0 Å². The van der Waals surface area contributed by atoms with Crippen molar-refractivity contribution in [3.8, 4) is 0 Å². The number of carbonyl (C=O) groups is 2. The van der Waals surface area contributed by atoms with E-state index in [2.05, 4.69) is 16.1 Å². The molecule has 0 aromatic carbocycles. The van der Waals surface area contributed by atoms with Crippen LogP contribution < -0.4 is 0 Å². The summed E-state index contributed by atoms with van der Waals surface area (Å²) in [6.45, 7) is 2.85. The first-order valence-electron chi connectivity index (χ1n) is 2.94. The lowest BCUT2D eigenvalue weighted by Gasteiger charge is -2.09. The molecule has 0 aliphatic rings. The van der Waals surface area contributed by atoms with Crippen LogP contribution in [0.1, 0.15) is 0 Å². The SMILES string of the molecule is C=CC(COC(=O)O)OC(=O)O. The molecule has 0 fully saturated rings. The summed E-state index contributed by atoms with van der Waals surface area (Å²) in [5.41, 5.74) is 0. The van der Waals surface area contributed by atoms with E-state index in [4.69, 9.17) is 10.2 Å². The van der Waals surface area contributed by atoms with E-state index in [0.29, 0.717) is 0 Å². The van der Waals surface area contributed by atoms with Gasteiger partial charge in [-0.15, -0.1) is 0 Å². The number of rotatable bonds is 4. The highest BCUT2D eigenvalue weighted by Crippen LogP contribution is 1.95. The predicted octanol–water partition coefficient (Wildman–Crippen LogP) is 0.930. The van der Waals surface area contributed by atoms with Crippen LogP contribution in [0.4, 0.5) is 9.59 Å². The molecule has 0 aromatic heterocycles. The van der Waals surface area contributed by atoms with E-state index in [1.54, 1.807) is 0 Å². The molecule has 0 aliphatic carbocycles. The van der Waals surface area contributed by atoms with Gasteiger partial charge in [0.2, 0.25) is 0 Å². The molecule has 1 atom stereocenters. The van der Waals surface area contributed by atoms with E-state index in [9.17, 15) is 9.59 Å². The van der Waals surface area contributed by atoms with Crippen molar-refractivity contribution in [1.29, 1.82) is 0 Å². The molecule has 12 heavy (non-hydrogen) atoms. The maximum atomic E-state index is 9.94. The van der Waals surface area contributed by atoms with E-state index in [0.717, 1.165) is 6.08 Å². The summed E-state index contributed by atoms with van der Waals surface area (Å²) in [5, 5.41) is 16.1. The van der Waals surface area contributed by atoms with Gasteiger partial charge in [0.1, 0.15) is 6.61 Å². The highest BCUT2D eigenvalue weighted by Gasteiger charge is 2.11. The van der Waals surface area contributed by atoms with Gasteiger partial charge >= 0.3 is 12.3 Å². The Hall–Kier alpha value is -1.72. The minimum atomic E-state index is -1.51. The average Bonchev–Trinajstić information content (AvgIpc) is 1.97. The monoisotopic (exact) mass is 176 g/mol. The van der Waals surface area contributed by atoms with Crippen LogP contribution in [0.25, 0.3) is 0 Å². The molecule has 6 nitrogen and oxygen atoms in total. The van der Waals surface area contributed by atoms with Gasteiger partial charge in [-0.3, -0.25) is 0 Å². The molecule has 1 unspecified atom stereocenters. The fourth-order valence-electron chi connectivity index (χ4n) is 0.433. The number of hydrogen-bond donors (Lipinski definition) is 2. The van der Waals surface area contributed by atoms with Crippen LogP contribution in [0.15, 0.2) is 12.7 Å². The zero-order chi connectivity index (χ0) is 9.56. The van der Waals surface area contributed by atoms with Gasteiger partial charge in [0.15, 0.2) is 6.10 Å². The molecular weight excluding hydrogens is 168 g/mol. The van der Waals surface area contributed by atoms with Crippen molar-refractivity contribution in [2.75, 3.05) is 6.61 Å². The van der Waals surface area contributed by atoms with Crippen molar-refractivity contribution in [3.63, 3.8) is 0 Å². The minimum Gasteiger partial charge on any atom is -0.450 e. The Kier molecular flexibility index (Phi) is 4.28. The molecule has 6 heteroatoms. The van der Waals surface area contributed by atoms with Crippen molar-refractivity contribution >= 4 is 12.3 Å². The molecule has 0 amide bonds. The topological polar surface area (TPSA) is 93.1 Å². The number of hydrogen-bond acceptors (Lipinski definition) is 4. The molecule has 68 valence electrons. The van der Waals surface area contributed by atoms with Crippen molar-refractivity contribution in [2.45, 2.75) is 6.10 Å². The van der Waals surface area contributed by atoms with Gasteiger partial charge in [-0.25, -0.2) is 9.59 Å². The second-order valence-corrected chi connectivity index (χ2v) is 1.73. The first-order valence-corrected chi connectivity index (χ1v) is 2.94. The van der Waals surface area contributed by atoms with E-state index in [-0.39, 0.29) is 6.61 Å². The quantitative estimate of drug-likeness (QED) is 0.488. The molecule has 0 spiro atoms. The standard InChI is InChI=1S/C6H8O6/c1-2-4(12-6(9)10)3-11-5(7)8/h2,4H,1,3H2,(H,7,8)(H,9,10). The second kappa shape index (κ2) is 5.00. The minimum absolute atomic E-state index is 0.384. The maximum Gasteiger partial charge on any atom is 0.506 e. The van der Waals surface area contributed by atoms with Crippen molar-refractivity contribution in [2.24, 2.45) is 0 Å². The fourth-order valence-corrected chi connectivity index (χ4v) is 0.433. The lowest BCUT2D eigenvalue weighted by atomic mass is 10.4. The first-order chi connectivity index (χ1) is 5.56. The Labute approximate surface area is 68.0 Å². The molecule has 0 heterocycles. The zero-order valence-corrected chi connectivity index (χ0v) is 6.10. The van der Waals surface area contributed by atoms with Crippen LogP contribution in [0.2, 0.25) is 0 Å². The van der Waals surface area contributed by atoms with Crippen molar-refractivity contribution in [3.05, 3.63) is 12.7 Å². The molecule has 0 radical (unpaired) electrons. The van der Waals surface area contributed by atoms with Crippen LogP contribution in [0.5, 0.6) is 0 Å². The van der Waals surface area contributed by atoms with Gasteiger partial charge in [-0.05, 0) is 6.08 Å². The summed E-state index contributed by atoms with van der Waals surface area (Å²) in [5.74, 6) is 0. The summed E-state index contributed by atoms with van der Waals surface area (Å²) in [4.78, 5) is 19.8. The van der Waals surface area contributed by atoms with E-state index < -0.39 is 18.4 Å². The highest BCUT2D eigenvalue weighted by molar-refractivity contribution is 5.58. The van der Waals surface area contributed by atoms with Crippen molar-refractivity contribution < 1.29 is 29.3 Å². The van der Waals surface area contributed by atoms with Gasteiger partial charge in [0, 0.05) is 0 Å². The third-order valence-corrected chi connectivity index (χ3v) is 0.886. The summed E-state index contributed by atoms with van der Waals surface area (Å²) < 4.78 is 8.21.